The quantitative estimate of drug-likeness (QED) is 0.835. The molecule has 2 aliphatic carbocycles. The van der Waals surface area contributed by atoms with E-state index in [4.69, 9.17) is 13.9 Å². The van der Waals surface area contributed by atoms with E-state index in [0.29, 0.717) is 12.1 Å². The van der Waals surface area contributed by atoms with E-state index in [1.165, 1.54) is 19.3 Å². The van der Waals surface area contributed by atoms with E-state index in [1.54, 1.807) is 0 Å². The molecule has 0 N–H and O–H groups in total. The zero-order valence-electron chi connectivity index (χ0n) is 12.8. The van der Waals surface area contributed by atoms with Crippen molar-refractivity contribution in [3.8, 4) is 0 Å². The Labute approximate surface area is 126 Å². The van der Waals surface area contributed by atoms with Crippen molar-refractivity contribution in [3.63, 3.8) is 0 Å². The third kappa shape index (κ3) is 3.03. The Kier molecular flexibility index (Phi) is 3.78. The summed E-state index contributed by atoms with van der Waals surface area (Å²) >= 11 is 0. The van der Waals surface area contributed by atoms with Crippen molar-refractivity contribution in [2.24, 2.45) is 5.92 Å². The molecule has 0 aromatic carbocycles. The van der Waals surface area contributed by atoms with E-state index in [9.17, 15) is 0 Å². The first-order valence-corrected chi connectivity index (χ1v) is 8.32. The van der Waals surface area contributed by atoms with E-state index in [0.717, 1.165) is 50.2 Å². The van der Waals surface area contributed by atoms with Gasteiger partial charge in [-0.05, 0) is 50.7 Å². The van der Waals surface area contributed by atoms with Gasteiger partial charge in [0.25, 0.3) is 0 Å². The molecule has 0 radical (unpaired) electrons. The van der Waals surface area contributed by atoms with Crippen molar-refractivity contribution >= 4 is 0 Å². The molecule has 0 amide bonds. The van der Waals surface area contributed by atoms with Crippen LogP contribution in [0.25, 0.3) is 0 Å². The van der Waals surface area contributed by atoms with Crippen LogP contribution < -0.4 is 0 Å². The van der Waals surface area contributed by atoms with Gasteiger partial charge in [-0.15, -0.1) is 0 Å². The van der Waals surface area contributed by atoms with E-state index in [2.05, 4.69) is 11.0 Å². The lowest BCUT2D eigenvalue weighted by Gasteiger charge is -2.38. The molecule has 0 bridgehead atoms. The topological polar surface area (TPSA) is 34.8 Å². The van der Waals surface area contributed by atoms with Gasteiger partial charge in [0.05, 0.1) is 25.4 Å². The van der Waals surface area contributed by atoms with Gasteiger partial charge in [-0.2, -0.15) is 0 Å². The third-order valence-corrected chi connectivity index (χ3v) is 5.05. The lowest BCUT2D eigenvalue weighted by atomic mass is 10.1. The lowest BCUT2D eigenvalue weighted by Crippen LogP contribution is -2.51. The monoisotopic (exact) mass is 291 g/mol. The molecule has 3 atom stereocenters. The minimum absolute atomic E-state index is 0.258. The van der Waals surface area contributed by atoms with E-state index < -0.39 is 0 Å². The van der Waals surface area contributed by atoms with Crippen molar-refractivity contribution in [1.29, 1.82) is 0 Å². The van der Waals surface area contributed by atoms with Gasteiger partial charge in [0, 0.05) is 19.2 Å². The molecule has 4 nitrogen and oxygen atoms in total. The van der Waals surface area contributed by atoms with Crippen molar-refractivity contribution in [3.05, 3.63) is 23.7 Å². The smallest absolute Gasteiger partial charge is 0.118 e. The number of hydrogen-bond acceptors (Lipinski definition) is 4. The van der Waals surface area contributed by atoms with Gasteiger partial charge in [-0.25, -0.2) is 0 Å². The Morgan fingerprint density at radius 2 is 2.14 bits per heavy atom. The molecule has 4 rings (SSSR count). The Morgan fingerprint density at radius 1 is 1.24 bits per heavy atom. The van der Waals surface area contributed by atoms with Gasteiger partial charge < -0.3 is 13.9 Å². The second-order valence-electron chi connectivity index (χ2n) is 6.78. The van der Waals surface area contributed by atoms with Crippen LogP contribution in [0.1, 0.15) is 37.2 Å². The van der Waals surface area contributed by atoms with E-state index in [-0.39, 0.29) is 6.10 Å². The molecule has 0 spiro atoms. The molecular formula is C17H25NO3. The first kappa shape index (κ1) is 13.8. The van der Waals surface area contributed by atoms with Gasteiger partial charge in [-0.1, -0.05) is 0 Å². The zero-order valence-corrected chi connectivity index (χ0v) is 12.8. The first-order valence-electron chi connectivity index (χ1n) is 8.32. The summed E-state index contributed by atoms with van der Waals surface area (Å²) in [4.78, 5) is 2.52. The van der Waals surface area contributed by atoms with Crippen molar-refractivity contribution < 1.29 is 13.9 Å². The summed E-state index contributed by atoms with van der Waals surface area (Å²) in [5, 5.41) is 0. The number of hydrogen-bond donors (Lipinski definition) is 0. The molecule has 4 heteroatoms. The molecular weight excluding hydrogens is 266 g/mol. The number of nitrogens with zero attached hydrogens (tertiary/aromatic N) is 1. The van der Waals surface area contributed by atoms with Gasteiger partial charge >= 0.3 is 0 Å². The van der Waals surface area contributed by atoms with Crippen LogP contribution >= 0.6 is 0 Å². The van der Waals surface area contributed by atoms with Crippen LogP contribution in [-0.4, -0.2) is 42.9 Å². The Hall–Kier alpha value is -0.840. The van der Waals surface area contributed by atoms with Crippen LogP contribution in [-0.2, 0) is 16.0 Å². The molecule has 1 saturated heterocycles. The fourth-order valence-corrected chi connectivity index (χ4v) is 3.68. The minimum Gasteiger partial charge on any atom is -0.465 e. The normalized spacial score (nSPS) is 33.3. The zero-order chi connectivity index (χ0) is 14.2. The summed E-state index contributed by atoms with van der Waals surface area (Å²) in [6.45, 7) is 5.64. The Morgan fingerprint density at radius 3 is 2.90 bits per heavy atom. The number of furan rings is 1. The molecule has 3 fully saturated rings. The van der Waals surface area contributed by atoms with Crippen LogP contribution in [0.2, 0.25) is 0 Å². The predicted octanol–water partition coefficient (Wildman–Crippen LogP) is 2.75. The fraction of sp³-hybridized carbons (Fsp3) is 0.765. The largest absolute Gasteiger partial charge is 0.465 e. The maximum absolute atomic E-state index is 6.12. The standard InChI is InChI=1S/C17H25NO3/c1-12-2-5-14(21-12)10-18-8-9-19-17-15(18)6-7-16(17)20-11-13-3-4-13/h2,5,13,15-17H,3-4,6-11H2,1H3/t15-,16-,17+/m0/s1. The summed E-state index contributed by atoms with van der Waals surface area (Å²) in [6.07, 6.45) is 5.58. The highest BCUT2D eigenvalue weighted by atomic mass is 16.5. The highest BCUT2D eigenvalue weighted by Gasteiger charge is 2.43. The van der Waals surface area contributed by atoms with Crippen molar-refractivity contribution in [2.45, 2.75) is 57.4 Å². The number of morpholine rings is 1. The summed E-state index contributed by atoms with van der Waals surface area (Å²) in [7, 11) is 0. The Balaban J connectivity index is 1.38. The SMILES string of the molecule is Cc1ccc(CN2CCO[C@H]3[C@@H](OCC4CC4)CC[C@@H]32)o1. The number of ether oxygens (including phenoxy) is 2. The highest BCUT2D eigenvalue weighted by molar-refractivity contribution is 5.07. The molecule has 2 saturated carbocycles. The van der Waals surface area contributed by atoms with Crippen LogP contribution in [0.5, 0.6) is 0 Å². The average Bonchev–Trinajstić information content (AvgIpc) is 3.08. The number of aryl methyl sites for hydroxylation is 1. The first-order chi connectivity index (χ1) is 10.3. The van der Waals surface area contributed by atoms with E-state index >= 15 is 0 Å². The number of rotatable bonds is 5. The molecule has 1 aromatic heterocycles. The summed E-state index contributed by atoms with van der Waals surface area (Å²) in [5.74, 6) is 2.89. The Bertz CT molecular complexity index is 482. The molecule has 3 aliphatic rings. The van der Waals surface area contributed by atoms with Crippen LogP contribution in [0.15, 0.2) is 16.5 Å². The maximum Gasteiger partial charge on any atom is 0.118 e. The third-order valence-electron chi connectivity index (χ3n) is 5.05. The molecule has 0 unspecified atom stereocenters. The van der Waals surface area contributed by atoms with Crippen molar-refractivity contribution in [1.82, 2.24) is 4.90 Å². The molecule has 1 aromatic rings. The average molecular weight is 291 g/mol. The van der Waals surface area contributed by atoms with E-state index in [1.807, 2.05) is 13.0 Å². The molecule has 1 aliphatic heterocycles. The predicted molar refractivity (Wildman–Crippen MR) is 79.1 cm³/mol. The van der Waals surface area contributed by atoms with Gasteiger partial charge in [-0.3, -0.25) is 4.90 Å². The van der Waals surface area contributed by atoms with Crippen LogP contribution in [0, 0.1) is 12.8 Å². The van der Waals surface area contributed by atoms with Crippen LogP contribution in [0.4, 0.5) is 0 Å². The lowest BCUT2D eigenvalue weighted by molar-refractivity contribution is -0.117. The second-order valence-corrected chi connectivity index (χ2v) is 6.78. The molecule has 116 valence electrons. The highest BCUT2D eigenvalue weighted by Crippen LogP contribution is 2.35. The summed E-state index contributed by atoms with van der Waals surface area (Å²) in [5.41, 5.74) is 0. The van der Waals surface area contributed by atoms with Crippen LogP contribution in [0.3, 0.4) is 0 Å². The maximum atomic E-state index is 6.12. The summed E-state index contributed by atoms with van der Waals surface area (Å²) < 4.78 is 17.9. The van der Waals surface area contributed by atoms with Gasteiger partial charge in [0.2, 0.25) is 0 Å². The van der Waals surface area contributed by atoms with Gasteiger partial charge in [0.15, 0.2) is 0 Å². The minimum atomic E-state index is 0.258. The molecule has 21 heavy (non-hydrogen) atoms. The summed E-state index contributed by atoms with van der Waals surface area (Å²) in [6, 6.07) is 4.63. The number of fused-ring (bicyclic) bond motifs is 1. The van der Waals surface area contributed by atoms with Crippen molar-refractivity contribution in [2.75, 3.05) is 19.8 Å². The molecule has 2 heterocycles. The van der Waals surface area contributed by atoms with Gasteiger partial charge in [0.1, 0.15) is 11.5 Å². The fourth-order valence-electron chi connectivity index (χ4n) is 3.68. The second kappa shape index (κ2) is 5.75.